The van der Waals surface area contributed by atoms with Crippen LogP contribution in [0.4, 0.5) is 5.95 Å². The van der Waals surface area contributed by atoms with E-state index in [9.17, 15) is 4.79 Å². The molecular formula is C23H21N5O2. The molecule has 150 valence electrons. The van der Waals surface area contributed by atoms with Gasteiger partial charge in [0.25, 0.3) is 0 Å². The summed E-state index contributed by atoms with van der Waals surface area (Å²) in [7, 11) is 0. The third-order valence-corrected chi connectivity index (χ3v) is 4.48. The van der Waals surface area contributed by atoms with Gasteiger partial charge in [0, 0.05) is 18.8 Å². The zero-order valence-electron chi connectivity index (χ0n) is 16.2. The van der Waals surface area contributed by atoms with Crippen LogP contribution in [0.25, 0.3) is 11.3 Å². The standard InChI is InChI=1S/C23H21N5O2/c24-23-27-15-20(28-23)18-9-6-16(7-10-18)13-25-21(29)12-17-8-11-22(26-14-17)30-19-4-2-1-3-5-19/h1-11,14-15H,12-13H2,(H,25,29)(H3,24,27,28). The number of anilines is 1. The van der Waals surface area contributed by atoms with Gasteiger partial charge in [0.1, 0.15) is 5.75 Å². The molecule has 0 aliphatic carbocycles. The summed E-state index contributed by atoms with van der Waals surface area (Å²) >= 11 is 0. The van der Waals surface area contributed by atoms with Crippen molar-refractivity contribution in [1.29, 1.82) is 0 Å². The normalized spacial score (nSPS) is 10.5. The third kappa shape index (κ3) is 5.02. The van der Waals surface area contributed by atoms with Crippen LogP contribution in [-0.4, -0.2) is 20.9 Å². The number of nitrogen functional groups attached to an aromatic ring is 1. The van der Waals surface area contributed by atoms with E-state index in [1.165, 1.54) is 0 Å². The van der Waals surface area contributed by atoms with Crippen LogP contribution in [0.1, 0.15) is 11.1 Å². The van der Waals surface area contributed by atoms with E-state index in [-0.39, 0.29) is 12.3 Å². The van der Waals surface area contributed by atoms with Crippen molar-refractivity contribution in [3.05, 3.63) is 90.3 Å². The molecule has 1 amide bonds. The van der Waals surface area contributed by atoms with Gasteiger partial charge in [0.15, 0.2) is 5.95 Å². The van der Waals surface area contributed by atoms with Crippen molar-refractivity contribution in [1.82, 2.24) is 20.3 Å². The number of hydrogen-bond acceptors (Lipinski definition) is 5. The van der Waals surface area contributed by atoms with Crippen molar-refractivity contribution in [2.45, 2.75) is 13.0 Å². The van der Waals surface area contributed by atoms with E-state index in [4.69, 9.17) is 10.5 Å². The molecule has 7 heteroatoms. The lowest BCUT2D eigenvalue weighted by atomic mass is 10.1. The Balaban J connectivity index is 1.27. The summed E-state index contributed by atoms with van der Waals surface area (Å²) in [6.07, 6.45) is 3.60. The van der Waals surface area contributed by atoms with E-state index in [0.717, 1.165) is 28.1 Å². The summed E-state index contributed by atoms with van der Waals surface area (Å²) in [6, 6.07) is 20.9. The largest absolute Gasteiger partial charge is 0.439 e. The van der Waals surface area contributed by atoms with Crippen molar-refractivity contribution in [2.24, 2.45) is 0 Å². The Hall–Kier alpha value is -4.13. The lowest BCUT2D eigenvalue weighted by Crippen LogP contribution is -2.24. The van der Waals surface area contributed by atoms with Crippen LogP contribution < -0.4 is 15.8 Å². The van der Waals surface area contributed by atoms with Gasteiger partial charge in [-0.2, -0.15) is 0 Å². The first-order valence-electron chi connectivity index (χ1n) is 9.50. The Kier molecular flexibility index (Phi) is 5.70. The fraction of sp³-hybridized carbons (Fsp3) is 0.0870. The molecule has 4 aromatic rings. The molecule has 2 aromatic heterocycles. The number of carbonyl (C=O) groups is 1. The predicted octanol–water partition coefficient (Wildman–Crippen LogP) is 3.71. The Morgan fingerprint density at radius 2 is 1.70 bits per heavy atom. The lowest BCUT2D eigenvalue weighted by Gasteiger charge is -2.07. The molecule has 0 radical (unpaired) electrons. The third-order valence-electron chi connectivity index (χ3n) is 4.48. The number of aromatic nitrogens is 3. The fourth-order valence-corrected chi connectivity index (χ4v) is 2.92. The maximum atomic E-state index is 12.3. The topological polar surface area (TPSA) is 106 Å². The molecule has 0 fully saturated rings. The zero-order chi connectivity index (χ0) is 20.8. The van der Waals surface area contributed by atoms with Gasteiger partial charge in [-0.25, -0.2) is 9.97 Å². The molecule has 0 saturated carbocycles. The van der Waals surface area contributed by atoms with Crippen LogP contribution in [0.3, 0.4) is 0 Å². The highest BCUT2D eigenvalue weighted by Crippen LogP contribution is 2.19. The molecule has 0 aliphatic heterocycles. The van der Waals surface area contributed by atoms with Gasteiger partial charge < -0.3 is 20.8 Å². The maximum Gasteiger partial charge on any atom is 0.224 e. The fourth-order valence-electron chi connectivity index (χ4n) is 2.92. The summed E-state index contributed by atoms with van der Waals surface area (Å²) in [5.41, 5.74) is 9.27. The summed E-state index contributed by atoms with van der Waals surface area (Å²) in [5, 5.41) is 2.93. The number of hydrogen-bond donors (Lipinski definition) is 3. The van der Waals surface area contributed by atoms with E-state index in [1.807, 2.05) is 60.7 Å². The van der Waals surface area contributed by atoms with Crippen LogP contribution in [0.15, 0.2) is 79.1 Å². The molecule has 4 N–H and O–H groups in total. The zero-order valence-corrected chi connectivity index (χ0v) is 16.2. The Morgan fingerprint density at radius 3 is 2.37 bits per heavy atom. The van der Waals surface area contributed by atoms with Gasteiger partial charge >= 0.3 is 0 Å². The molecule has 0 unspecified atom stereocenters. The molecule has 4 rings (SSSR count). The van der Waals surface area contributed by atoms with Crippen molar-refractivity contribution in [3.8, 4) is 22.9 Å². The first-order valence-corrected chi connectivity index (χ1v) is 9.50. The van der Waals surface area contributed by atoms with Crippen molar-refractivity contribution in [3.63, 3.8) is 0 Å². The van der Waals surface area contributed by atoms with E-state index < -0.39 is 0 Å². The molecule has 7 nitrogen and oxygen atoms in total. The lowest BCUT2D eigenvalue weighted by molar-refractivity contribution is -0.120. The van der Waals surface area contributed by atoms with Crippen molar-refractivity contribution < 1.29 is 9.53 Å². The first kappa shape index (κ1) is 19.2. The number of nitrogens with two attached hydrogens (primary N) is 1. The predicted molar refractivity (Wildman–Crippen MR) is 115 cm³/mol. The molecule has 0 bridgehead atoms. The average Bonchev–Trinajstić information content (AvgIpc) is 3.21. The quantitative estimate of drug-likeness (QED) is 0.439. The summed E-state index contributed by atoms with van der Waals surface area (Å²) < 4.78 is 5.66. The Labute approximate surface area is 174 Å². The number of imidazole rings is 1. The van der Waals surface area contributed by atoms with E-state index in [1.54, 1.807) is 18.5 Å². The highest BCUT2D eigenvalue weighted by Gasteiger charge is 2.06. The van der Waals surface area contributed by atoms with E-state index >= 15 is 0 Å². The first-order chi connectivity index (χ1) is 14.7. The van der Waals surface area contributed by atoms with Gasteiger partial charge in [-0.1, -0.05) is 48.5 Å². The minimum Gasteiger partial charge on any atom is -0.439 e. The highest BCUT2D eigenvalue weighted by atomic mass is 16.5. The van der Waals surface area contributed by atoms with Crippen LogP contribution in [-0.2, 0) is 17.8 Å². The number of ether oxygens (including phenoxy) is 1. The van der Waals surface area contributed by atoms with Gasteiger partial charge in [0.05, 0.1) is 18.3 Å². The number of nitrogens with one attached hydrogen (secondary N) is 2. The maximum absolute atomic E-state index is 12.3. The van der Waals surface area contributed by atoms with Crippen molar-refractivity contribution in [2.75, 3.05) is 5.73 Å². The molecule has 0 aliphatic rings. The number of aromatic amines is 1. The highest BCUT2D eigenvalue weighted by molar-refractivity contribution is 5.78. The number of para-hydroxylation sites is 1. The van der Waals surface area contributed by atoms with Gasteiger partial charge in [-0.05, 0) is 28.8 Å². The van der Waals surface area contributed by atoms with Gasteiger partial charge in [-0.3, -0.25) is 4.79 Å². The minimum atomic E-state index is -0.0704. The van der Waals surface area contributed by atoms with Gasteiger partial charge in [0.2, 0.25) is 11.8 Å². The Morgan fingerprint density at radius 1 is 0.933 bits per heavy atom. The van der Waals surface area contributed by atoms with E-state index in [2.05, 4.69) is 20.3 Å². The van der Waals surface area contributed by atoms with Crippen LogP contribution in [0.5, 0.6) is 11.6 Å². The number of pyridine rings is 1. The number of nitrogens with zero attached hydrogens (tertiary/aromatic N) is 2. The summed E-state index contributed by atoms with van der Waals surface area (Å²) in [4.78, 5) is 23.5. The summed E-state index contributed by atoms with van der Waals surface area (Å²) in [5.74, 6) is 1.52. The monoisotopic (exact) mass is 399 g/mol. The van der Waals surface area contributed by atoms with E-state index in [0.29, 0.717) is 18.4 Å². The number of carbonyl (C=O) groups excluding carboxylic acids is 1. The second-order valence-electron chi connectivity index (χ2n) is 6.75. The molecule has 2 aromatic carbocycles. The number of rotatable bonds is 7. The van der Waals surface area contributed by atoms with Crippen LogP contribution >= 0.6 is 0 Å². The minimum absolute atomic E-state index is 0.0704. The Bertz CT molecular complexity index is 1110. The average molecular weight is 399 g/mol. The van der Waals surface area contributed by atoms with Crippen LogP contribution in [0, 0.1) is 0 Å². The molecule has 2 heterocycles. The second-order valence-corrected chi connectivity index (χ2v) is 6.75. The second kappa shape index (κ2) is 8.91. The molecule has 30 heavy (non-hydrogen) atoms. The SMILES string of the molecule is Nc1ncc(-c2ccc(CNC(=O)Cc3ccc(Oc4ccccc4)nc3)cc2)[nH]1. The molecular weight excluding hydrogens is 378 g/mol. The van der Waals surface area contributed by atoms with Crippen LogP contribution in [0.2, 0.25) is 0 Å². The number of amides is 1. The molecule has 0 saturated heterocycles. The molecule has 0 atom stereocenters. The smallest absolute Gasteiger partial charge is 0.224 e. The van der Waals surface area contributed by atoms with Crippen molar-refractivity contribution >= 4 is 11.9 Å². The number of benzene rings is 2. The molecule has 0 spiro atoms. The summed E-state index contributed by atoms with van der Waals surface area (Å²) in [6.45, 7) is 0.451. The number of H-pyrrole nitrogens is 1. The van der Waals surface area contributed by atoms with Gasteiger partial charge in [-0.15, -0.1) is 0 Å².